The summed E-state index contributed by atoms with van der Waals surface area (Å²) in [6, 6.07) is 17.3. The molecule has 0 bridgehead atoms. The van der Waals surface area contributed by atoms with Gasteiger partial charge in [-0.15, -0.1) is 0 Å². The molecule has 2 heterocycles. The molecule has 3 aromatic rings. The molecule has 2 aromatic carbocycles. The van der Waals surface area contributed by atoms with Crippen molar-refractivity contribution in [2.45, 2.75) is 32.4 Å². The fourth-order valence-electron chi connectivity index (χ4n) is 3.94. The van der Waals surface area contributed by atoms with Crippen molar-refractivity contribution in [2.75, 3.05) is 25.0 Å². The van der Waals surface area contributed by atoms with Gasteiger partial charge in [0.15, 0.2) is 5.96 Å². The maximum Gasteiger partial charge on any atom is 0.191 e. The summed E-state index contributed by atoms with van der Waals surface area (Å²) >= 11 is 0. The van der Waals surface area contributed by atoms with E-state index in [0.717, 1.165) is 24.7 Å². The minimum Gasteiger partial charge on any atom is -0.372 e. The first-order valence-corrected chi connectivity index (χ1v) is 10.6. The van der Waals surface area contributed by atoms with E-state index >= 15 is 0 Å². The van der Waals surface area contributed by atoms with E-state index < -0.39 is 0 Å². The minimum atomic E-state index is 0.155. The number of guanidine groups is 1. The average Bonchev–Trinajstić information content (AvgIpc) is 3.51. The topological polar surface area (TPSA) is 57.5 Å². The van der Waals surface area contributed by atoms with Crippen molar-refractivity contribution in [1.82, 2.24) is 20.2 Å². The molecule has 1 saturated heterocycles. The molecule has 0 radical (unpaired) electrons. The average molecular weight is 403 g/mol. The van der Waals surface area contributed by atoms with Gasteiger partial charge in [-0.3, -0.25) is 4.99 Å². The molecule has 156 valence electrons. The van der Waals surface area contributed by atoms with Gasteiger partial charge in [0, 0.05) is 44.8 Å². The van der Waals surface area contributed by atoms with Gasteiger partial charge in [0.25, 0.3) is 0 Å². The third kappa shape index (κ3) is 4.64. The maximum absolute atomic E-state index is 4.43. The zero-order valence-electron chi connectivity index (χ0n) is 17.8. The third-order valence-electron chi connectivity index (χ3n) is 5.64. The summed E-state index contributed by atoms with van der Waals surface area (Å²) in [6.45, 7) is 5.17. The van der Waals surface area contributed by atoms with Crippen LogP contribution in [0.25, 0.3) is 5.69 Å². The van der Waals surface area contributed by atoms with E-state index in [0.29, 0.717) is 6.54 Å². The van der Waals surface area contributed by atoms with E-state index in [9.17, 15) is 0 Å². The number of benzene rings is 2. The number of para-hydroxylation sites is 1. The second-order valence-electron chi connectivity index (χ2n) is 7.68. The zero-order valence-corrected chi connectivity index (χ0v) is 17.8. The molecule has 1 aliphatic rings. The third-order valence-corrected chi connectivity index (χ3v) is 5.64. The Kier molecular flexibility index (Phi) is 6.32. The van der Waals surface area contributed by atoms with Gasteiger partial charge in [-0.1, -0.05) is 30.3 Å². The molecule has 0 spiro atoms. The lowest BCUT2D eigenvalue weighted by Crippen LogP contribution is -2.38. The molecule has 30 heavy (non-hydrogen) atoms. The highest BCUT2D eigenvalue weighted by molar-refractivity contribution is 5.80. The number of hydrogen-bond donors (Lipinski definition) is 2. The Morgan fingerprint density at radius 2 is 1.97 bits per heavy atom. The Labute approximate surface area is 178 Å². The van der Waals surface area contributed by atoms with Gasteiger partial charge in [-0.25, -0.2) is 4.98 Å². The maximum atomic E-state index is 4.43. The number of nitrogens with zero attached hydrogens (tertiary/aromatic N) is 4. The molecule has 1 atom stereocenters. The lowest BCUT2D eigenvalue weighted by molar-refractivity contribution is 0.684. The van der Waals surface area contributed by atoms with Crippen molar-refractivity contribution < 1.29 is 0 Å². The van der Waals surface area contributed by atoms with Crippen LogP contribution in [0.3, 0.4) is 0 Å². The van der Waals surface area contributed by atoms with E-state index in [-0.39, 0.29) is 6.04 Å². The van der Waals surface area contributed by atoms with Gasteiger partial charge in [0.2, 0.25) is 0 Å². The number of aromatic nitrogens is 2. The Hall–Kier alpha value is -3.28. The van der Waals surface area contributed by atoms with Gasteiger partial charge in [0.1, 0.15) is 0 Å². The number of nitrogens with one attached hydrogen (secondary N) is 2. The van der Waals surface area contributed by atoms with Gasteiger partial charge in [0.05, 0.1) is 18.1 Å². The smallest absolute Gasteiger partial charge is 0.191 e. The van der Waals surface area contributed by atoms with E-state index in [1.807, 2.05) is 30.2 Å². The fourth-order valence-corrected chi connectivity index (χ4v) is 3.94. The Morgan fingerprint density at radius 3 is 2.73 bits per heavy atom. The highest BCUT2D eigenvalue weighted by atomic mass is 15.2. The van der Waals surface area contributed by atoms with Gasteiger partial charge >= 0.3 is 0 Å². The van der Waals surface area contributed by atoms with Crippen LogP contribution in [0.15, 0.2) is 72.2 Å². The zero-order chi connectivity index (χ0) is 20.8. The summed E-state index contributed by atoms with van der Waals surface area (Å²) in [4.78, 5) is 11.1. The molecule has 6 heteroatoms. The molecule has 1 fully saturated rings. The first-order chi connectivity index (χ1) is 14.7. The van der Waals surface area contributed by atoms with Crippen LogP contribution in [-0.2, 0) is 6.54 Å². The summed E-state index contributed by atoms with van der Waals surface area (Å²) in [6.07, 6.45) is 8.15. The number of anilines is 1. The van der Waals surface area contributed by atoms with Crippen molar-refractivity contribution >= 4 is 11.6 Å². The number of imidazole rings is 1. The first kappa shape index (κ1) is 20.0. The molecule has 6 nitrogen and oxygen atoms in total. The summed E-state index contributed by atoms with van der Waals surface area (Å²) in [5.41, 5.74) is 4.88. The van der Waals surface area contributed by atoms with E-state index in [1.54, 1.807) is 6.20 Å². The summed E-state index contributed by atoms with van der Waals surface area (Å²) in [7, 11) is 1.81. The molecule has 1 aliphatic heterocycles. The van der Waals surface area contributed by atoms with E-state index in [4.69, 9.17) is 0 Å². The monoisotopic (exact) mass is 402 g/mol. The Morgan fingerprint density at radius 1 is 1.13 bits per heavy atom. The van der Waals surface area contributed by atoms with Crippen LogP contribution in [0.1, 0.15) is 36.9 Å². The van der Waals surface area contributed by atoms with Crippen LogP contribution in [0, 0.1) is 0 Å². The second kappa shape index (κ2) is 9.48. The van der Waals surface area contributed by atoms with Gasteiger partial charge in [-0.05, 0) is 49.1 Å². The molecular formula is C24H30N6. The second-order valence-corrected chi connectivity index (χ2v) is 7.68. The van der Waals surface area contributed by atoms with E-state index in [1.165, 1.54) is 29.7 Å². The fraction of sp³-hybridized carbons (Fsp3) is 0.333. The van der Waals surface area contributed by atoms with Crippen molar-refractivity contribution in [3.8, 4) is 5.69 Å². The Bertz CT molecular complexity index is 973. The quantitative estimate of drug-likeness (QED) is 0.485. The summed E-state index contributed by atoms with van der Waals surface area (Å²) in [5.74, 6) is 0.787. The van der Waals surface area contributed by atoms with Crippen LogP contribution < -0.4 is 15.5 Å². The van der Waals surface area contributed by atoms with Crippen molar-refractivity contribution in [3.63, 3.8) is 0 Å². The largest absolute Gasteiger partial charge is 0.372 e. The summed E-state index contributed by atoms with van der Waals surface area (Å²) in [5, 5.41) is 6.98. The predicted molar refractivity (Wildman–Crippen MR) is 123 cm³/mol. The van der Waals surface area contributed by atoms with Crippen LogP contribution in [0.2, 0.25) is 0 Å². The number of rotatable bonds is 6. The lowest BCUT2D eigenvalue weighted by atomic mass is 10.1. The van der Waals surface area contributed by atoms with Crippen LogP contribution in [0.4, 0.5) is 5.69 Å². The van der Waals surface area contributed by atoms with Crippen molar-refractivity contribution in [1.29, 1.82) is 0 Å². The molecule has 1 unspecified atom stereocenters. The van der Waals surface area contributed by atoms with Gasteiger partial charge in [-0.2, -0.15) is 0 Å². The molecular weight excluding hydrogens is 372 g/mol. The lowest BCUT2D eigenvalue weighted by Gasteiger charge is -2.22. The molecule has 0 aliphatic carbocycles. The first-order valence-electron chi connectivity index (χ1n) is 10.6. The van der Waals surface area contributed by atoms with Crippen LogP contribution in [0.5, 0.6) is 0 Å². The van der Waals surface area contributed by atoms with E-state index in [2.05, 4.69) is 74.9 Å². The highest BCUT2D eigenvalue weighted by Gasteiger charge is 2.14. The predicted octanol–water partition coefficient (Wildman–Crippen LogP) is 3.90. The summed E-state index contributed by atoms with van der Waals surface area (Å²) < 4.78 is 2.03. The van der Waals surface area contributed by atoms with Crippen LogP contribution >= 0.6 is 0 Å². The van der Waals surface area contributed by atoms with Crippen molar-refractivity contribution in [2.24, 2.45) is 4.99 Å². The van der Waals surface area contributed by atoms with Gasteiger partial charge < -0.3 is 20.1 Å². The molecule has 0 saturated carbocycles. The standard InChI is InChI=1S/C24H30N6/c1-19(20-9-7-10-22(16-20)29-13-5-6-14-29)28-24(25-2)27-17-21-8-3-4-11-23(21)30-15-12-26-18-30/h3-4,7-12,15-16,18-19H,5-6,13-14,17H2,1-2H3,(H2,25,27,28). The number of hydrogen-bond acceptors (Lipinski definition) is 3. The van der Waals surface area contributed by atoms with Crippen LogP contribution in [-0.4, -0.2) is 35.6 Å². The minimum absolute atomic E-state index is 0.155. The SMILES string of the molecule is CN=C(NCc1ccccc1-n1ccnc1)NC(C)c1cccc(N2CCCC2)c1. The molecule has 4 rings (SSSR count). The molecule has 1 aromatic heterocycles. The highest BCUT2D eigenvalue weighted by Crippen LogP contribution is 2.24. The molecule has 0 amide bonds. The normalized spacial score (nSPS) is 15.3. The van der Waals surface area contributed by atoms with Crippen molar-refractivity contribution in [3.05, 3.63) is 78.4 Å². The number of aliphatic imine (C=N–C) groups is 1. The Balaban J connectivity index is 1.41. The molecule has 2 N–H and O–H groups in total.